The summed E-state index contributed by atoms with van der Waals surface area (Å²) in [6.07, 6.45) is 3.65. The molecule has 0 saturated carbocycles. The summed E-state index contributed by atoms with van der Waals surface area (Å²) in [5.74, 6) is -1.25. The largest absolute Gasteiger partial charge is 0.365 e. The van der Waals surface area contributed by atoms with E-state index in [-0.39, 0.29) is 33.8 Å². The van der Waals surface area contributed by atoms with E-state index in [1.165, 1.54) is 25.3 Å². The molecule has 3 heterocycles. The van der Waals surface area contributed by atoms with Crippen molar-refractivity contribution in [1.29, 1.82) is 0 Å². The number of anilines is 3. The van der Waals surface area contributed by atoms with Crippen molar-refractivity contribution in [2.45, 2.75) is 26.8 Å². The fourth-order valence-electron chi connectivity index (χ4n) is 4.21. The second-order valence-corrected chi connectivity index (χ2v) is 8.29. The number of nitrogens with one attached hydrogen (secondary N) is 2. The van der Waals surface area contributed by atoms with Crippen molar-refractivity contribution in [1.82, 2.24) is 19.7 Å². The Kier molecular flexibility index (Phi) is 5.48. The van der Waals surface area contributed by atoms with Crippen LogP contribution in [-0.4, -0.2) is 31.6 Å². The number of rotatable bonds is 4. The normalized spacial score (nSPS) is 12.2. The molecule has 0 saturated heterocycles. The number of benzene rings is 2. The number of carbonyl (C=O) groups is 2. The van der Waals surface area contributed by atoms with Gasteiger partial charge >= 0.3 is 0 Å². The zero-order valence-electron chi connectivity index (χ0n) is 19.1. The van der Waals surface area contributed by atoms with E-state index in [1.54, 1.807) is 17.8 Å². The third kappa shape index (κ3) is 3.99. The molecule has 2 aromatic carbocycles. The van der Waals surface area contributed by atoms with Crippen LogP contribution >= 0.6 is 0 Å². The highest BCUT2D eigenvalue weighted by Gasteiger charge is 2.28. The molecule has 0 atom stereocenters. The molecule has 1 aliphatic rings. The minimum atomic E-state index is -0.731. The summed E-state index contributed by atoms with van der Waals surface area (Å²) in [6, 6.07) is 10.6. The zero-order chi connectivity index (χ0) is 24.7. The molecular formula is C25H22FN7O2. The van der Waals surface area contributed by atoms with Gasteiger partial charge in [0.05, 0.1) is 11.9 Å². The van der Waals surface area contributed by atoms with E-state index in [4.69, 9.17) is 5.73 Å². The average molecular weight is 471 g/mol. The standard InChI is InChI=1S/C25H22FN7O2/c1-13-11-28-12-19(29-13)31-25(35)16-7-8-17(21(26)14(16)2)22-20(23(27)34)24-30-18-6-4-3-5-15(18)9-10-33(24)32-22/h3-8,11-12,30H,9-10H2,1-2H3,(H2,27,34)(H,29,31,35). The highest BCUT2D eigenvalue weighted by Crippen LogP contribution is 2.36. The number of amides is 2. The van der Waals surface area contributed by atoms with Crippen LogP contribution in [-0.2, 0) is 13.0 Å². The van der Waals surface area contributed by atoms with Crippen molar-refractivity contribution in [3.05, 3.63) is 82.6 Å². The van der Waals surface area contributed by atoms with Gasteiger partial charge in [0.2, 0.25) is 0 Å². The topological polar surface area (TPSA) is 128 Å². The van der Waals surface area contributed by atoms with Crippen molar-refractivity contribution >= 4 is 29.1 Å². The molecule has 1 aliphatic heterocycles. The van der Waals surface area contributed by atoms with Crippen LogP contribution in [0.1, 0.15) is 37.5 Å². The first kappa shape index (κ1) is 22.2. The van der Waals surface area contributed by atoms with Gasteiger partial charge < -0.3 is 16.4 Å². The van der Waals surface area contributed by atoms with Crippen LogP contribution in [0.4, 0.5) is 21.7 Å². The van der Waals surface area contributed by atoms with Gasteiger partial charge in [0, 0.05) is 29.6 Å². The van der Waals surface area contributed by atoms with Gasteiger partial charge in [-0.15, -0.1) is 0 Å². The van der Waals surface area contributed by atoms with Crippen LogP contribution in [0.15, 0.2) is 48.8 Å². The quantitative estimate of drug-likeness (QED) is 0.416. The summed E-state index contributed by atoms with van der Waals surface area (Å²) >= 11 is 0. The Labute approximate surface area is 200 Å². The zero-order valence-corrected chi connectivity index (χ0v) is 19.1. The number of carbonyl (C=O) groups excluding carboxylic acids is 2. The molecule has 0 fully saturated rings. The number of halogens is 1. The van der Waals surface area contributed by atoms with E-state index in [0.29, 0.717) is 24.5 Å². The molecule has 0 bridgehead atoms. The molecule has 2 aromatic heterocycles. The lowest BCUT2D eigenvalue weighted by molar-refractivity contribution is 0.0998. The first-order chi connectivity index (χ1) is 16.8. The molecule has 4 aromatic rings. The predicted molar refractivity (Wildman–Crippen MR) is 129 cm³/mol. The molecule has 2 amide bonds. The maximum atomic E-state index is 15.6. The fourth-order valence-corrected chi connectivity index (χ4v) is 4.21. The van der Waals surface area contributed by atoms with Crippen molar-refractivity contribution in [3.8, 4) is 11.3 Å². The highest BCUT2D eigenvalue weighted by molar-refractivity contribution is 6.06. The number of aryl methyl sites for hydroxylation is 3. The van der Waals surface area contributed by atoms with Gasteiger partial charge in [-0.2, -0.15) is 5.10 Å². The summed E-state index contributed by atoms with van der Waals surface area (Å²) in [7, 11) is 0. The van der Waals surface area contributed by atoms with Gasteiger partial charge in [-0.05, 0) is 49.6 Å². The molecule has 35 heavy (non-hydrogen) atoms. The summed E-state index contributed by atoms with van der Waals surface area (Å²) in [6.45, 7) is 3.73. The molecule has 0 unspecified atom stereocenters. The molecular weight excluding hydrogens is 449 g/mol. The van der Waals surface area contributed by atoms with E-state index in [9.17, 15) is 9.59 Å². The molecule has 176 valence electrons. The molecule has 0 aliphatic carbocycles. The van der Waals surface area contributed by atoms with Crippen LogP contribution in [0.25, 0.3) is 11.3 Å². The summed E-state index contributed by atoms with van der Waals surface area (Å²) in [5.41, 5.74) is 8.80. The maximum absolute atomic E-state index is 15.6. The summed E-state index contributed by atoms with van der Waals surface area (Å²) in [5, 5.41) is 10.4. The third-order valence-corrected chi connectivity index (χ3v) is 5.94. The van der Waals surface area contributed by atoms with Crippen LogP contribution in [0, 0.1) is 19.7 Å². The Morgan fingerprint density at radius 3 is 2.71 bits per heavy atom. The smallest absolute Gasteiger partial charge is 0.257 e. The Hall–Kier alpha value is -4.60. The maximum Gasteiger partial charge on any atom is 0.257 e. The number of hydrogen-bond acceptors (Lipinski definition) is 6. The second kappa shape index (κ2) is 8.64. The Morgan fingerprint density at radius 1 is 1.14 bits per heavy atom. The van der Waals surface area contributed by atoms with Crippen LogP contribution in [0.2, 0.25) is 0 Å². The van der Waals surface area contributed by atoms with Crippen LogP contribution in [0.3, 0.4) is 0 Å². The van der Waals surface area contributed by atoms with E-state index < -0.39 is 17.6 Å². The monoisotopic (exact) mass is 471 g/mol. The van der Waals surface area contributed by atoms with Crippen molar-refractivity contribution in [2.75, 3.05) is 10.6 Å². The Bertz CT molecular complexity index is 1500. The minimum absolute atomic E-state index is 0.0823. The number of fused-ring (bicyclic) bond motifs is 2. The Morgan fingerprint density at radius 2 is 1.94 bits per heavy atom. The minimum Gasteiger partial charge on any atom is -0.365 e. The molecule has 4 N–H and O–H groups in total. The molecule has 10 heteroatoms. The van der Waals surface area contributed by atoms with E-state index >= 15 is 4.39 Å². The molecule has 0 spiro atoms. The lowest BCUT2D eigenvalue weighted by Crippen LogP contribution is -2.16. The van der Waals surface area contributed by atoms with Crippen LogP contribution < -0.4 is 16.4 Å². The van der Waals surface area contributed by atoms with Crippen LogP contribution in [0.5, 0.6) is 0 Å². The van der Waals surface area contributed by atoms with Gasteiger partial charge in [0.15, 0.2) is 5.82 Å². The first-order valence-corrected chi connectivity index (χ1v) is 11.0. The predicted octanol–water partition coefficient (Wildman–Crippen LogP) is 3.75. The number of aromatic nitrogens is 4. The second-order valence-electron chi connectivity index (χ2n) is 8.29. The fraction of sp³-hybridized carbons (Fsp3) is 0.160. The number of nitrogens with two attached hydrogens (primary N) is 1. The van der Waals surface area contributed by atoms with Gasteiger partial charge in [0.1, 0.15) is 22.9 Å². The van der Waals surface area contributed by atoms with Crippen molar-refractivity contribution in [2.24, 2.45) is 5.73 Å². The molecule has 0 radical (unpaired) electrons. The van der Waals surface area contributed by atoms with Gasteiger partial charge in [0.25, 0.3) is 11.8 Å². The van der Waals surface area contributed by atoms with E-state index in [1.807, 2.05) is 24.3 Å². The van der Waals surface area contributed by atoms with Crippen molar-refractivity contribution < 1.29 is 14.0 Å². The van der Waals surface area contributed by atoms with Gasteiger partial charge in [-0.25, -0.2) is 14.1 Å². The van der Waals surface area contributed by atoms with Crippen molar-refractivity contribution in [3.63, 3.8) is 0 Å². The third-order valence-electron chi connectivity index (χ3n) is 5.94. The van der Waals surface area contributed by atoms with Gasteiger partial charge in [-0.1, -0.05) is 18.2 Å². The number of hydrogen-bond donors (Lipinski definition) is 3. The number of primary amides is 1. The number of nitrogens with zero attached hydrogens (tertiary/aromatic N) is 4. The lowest BCUT2D eigenvalue weighted by atomic mass is 9.99. The average Bonchev–Trinajstić information content (AvgIpc) is 3.08. The lowest BCUT2D eigenvalue weighted by Gasteiger charge is -2.11. The highest BCUT2D eigenvalue weighted by atomic mass is 19.1. The Balaban J connectivity index is 1.54. The SMILES string of the molecule is Cc1cncc(NC(=O)c2ccc(-c3nn4c(c3C(N)=O)Nc3ccccc3CC4)c(F)c2C)n1. The summed E-state index contributed by atoms with van der Waals surface area (Å²) in [4.78, 5) is 33.5. The summed E-state index contributed by atoms with van der Waals surface area (Å²) < 4.78 is 17.2. The molecule has 9 nitrogen and oxygen atoms in total. The van der Waals surface area contributed by atoms with E-state index in [2.05, 4.69) is 25.7 Å². The van der Waals surface area contributed by atoms with Gasteiger partial charge in [-0.3, -0.25) is 14.6 Å². The molecule has 5 rings (SSSR count). The number of para-hydroxylation sites is 1. The first-order valence-electron chi connectivity index (χ1n) is 11.0. The van der Waals surface area contributed by atoms with E-state index in [0.717, 1.165) is 11.3 Å².